The van der Waals surface area contributed by atoms with Crippen molar-refractivity contribution in [2.75, 3.05) is 13.7 Å². The van der Waals surface area contributed by atoms with Crippen molar-refractivity contribution < 1.29 is 9.84 Å². The maximum absolute atomic E-state index is 9.39. The smallest absolute Gasteiger partial charge is 0.161 e. The first-order valence-electron chi connectivity index (χ1n) is 5.00. The standard InChI is InChI=1S/C12H15N3O2/c1-17-11-7-9(4-5-10(11)16)3-2-6-15-8-12(13)14/h2-7,16H,8H2,1H3,(H3,13,14). The number of rotatable bonds is 5. The van der Waals surface area contributed by atoms with Crippen molar-refractivity contribution in [3.05, 3.63) is 29.8 Å². The summed E-state index contributed by atoms with van der Waals surface area (Å²) in [6, 6.07) is 5.03. The number of nitrogens with two attached hydrogens (primary N) is 1. The highest BCUT2D eigenvalue weighted by Crippen LogP contribution is 2.26. The van der Waals surface area contributed by atoms with Gasteiger partial charge in [0.15, 0.2) is 11.5 Å². The molecule has 0 aliphatic carbocycles. The SMILES string of the molecule is COc1cc(C=CC=NCC(=N)N)ccc1O. The van der Waals surface area contributed by atoms with Crippen molar-refractivity contribution in [3.63, 3.8) is 0 Å². The highest BCUT2D eigenvalue weighted by molar-refractivity contribution is 5.83. The van der Waals surface area contributed by atoms with E-state index in [2.05, 4.69) is 4.99 Å². The van der Waals surface area contributed by atoms with Crippen LogP contribution >= 0.6 is 0 Å². The molecule has 0 atom stereocenters. The summed E-state index contributed by atoms with van der Waals surface area (Å²) in [6.45, 7) is 0.198. The summed E-state index contributed by atoms with van der Waals surface area (Å²) in [6.07, 6.45) is 5.11. The maximum atomic E-state index is 9.39. The Hall–Kier alpha value is -2.30. The molecule has 0 heterocycles. The molecule has 1 rings (SSSR count). The van der Waals surface area contributed by atoms with Crippen molar-refractivity contribution in [2.24, 2.45) is 10.7 Å². The Morgan fingerprint density at radius 1 is 1.59 bits per heavy atom. The Balaban J connectivity index is 2.65. The van der Waals surface area contributed by atoms with Gasteiger partial charge in [-0.15, -0.1) is 0 Å². The Morgan fingerprint density at radius 2 is 2.35 bits per heavy atom. The van der Waals surface area contributed by atoms with Gasteiger partial charge in [-0.3, -0.25) is 10.4 Å². The van der Waals surface area contributed by atoms with Crippen LogP contribution in [0.15, 0.2) is 29.3 Å². The molecular formula is C12H15N3O2. The Labute approximate surface area is 99.8 Å². The van der Waals surface area contributed by atoms with E-state index in [4.69, 9.17) is 15.9 Å². The second kappa shape index (κ2) is 6.32. The number of hydrogen-bond donors (Lipinski definition) is 3. The summed E-state index contributed by atoms with van der Waals surface area (Å²) in [5.74, 6) is 0.559. The first-order chi connectivity index (χ1) is 8.13. The third-order valence-corrected chi connectivity index (χ3v) is 1.95. The van der Waals surface area contributed by atoms with Gasteiger partial charge in [-0.2, -0.15) is 0 Å². The average molecular weight is 233 g/mol. The van der Waals surface area contributed by atoms with Gasteiger partial charge < -0.3 is 15.6 Å². The Morgan fingerprint density at radius 3 is 3.00 bits per heavy atom. The molecule has 0 aromatic heterocycles. The molecule has 0 saturated carbocycles. The number of hydrogen-bond acceptors (Lipinski definition) is 4. The number of ether oxygens (including phenoxy) is 1. The number of aliphatic imine (C=N–C) groups is 1. The summed E-state index contributed by atoms with van der Waals surface area (Å²) < 4.78 is 4.98. The largest absolute Gasteiger partial charge is 0.504 e. The normalized spacial score (nSPS) is 11.1. The minimum Gasteiger partial charge on any atom is -0.504 e. The van der Waals surface area contributed by atoms with Crippen molar-refractivity contribution in [1.82, 2.24) is 0 Å². The average Bonchev–Trinajstić information content (AvgIpc) is 2.30. The quantitative estimate of drug-likeness (QED) is 0.530. The van der Waals surface area contributed by atoms with Crippen LogP contribution in [0, 0.1) is 5.41 Å². The third-order valence-electron chi connectivity index (χ3n) is 1.95. The van der Waals surface area contributed by atoms with Crippen molar-refractivity contribution >= 4 is 18.1 Å². The Bertz CT molecular complexity index is 453. The Kier molecular flexibility index (Phi) is 4.75. The molecule has 0 radical (unpaired) electrons. The molecule has 90 valence electrons. The lowest BCUT2D eigenvalue weighted by Crippen LogP contribution is -2.12. The van der Waals surface area contributed by atoms with Gasteiger partial charge in [0.2, 0.25) is 0 Å². The lowest BCUT2D eigenvalue weighted by Gasteiger charge is -2.03. The molecule has 4 N–H and O–H groups in total. The van der Waals surface area contributed by atoms with Crippen LogP contribution in [0.2, 0.25) is 0 Å². The fourth-order valence-electron chi connectivity index (χ4n) is 1.16. The zero-order valence-corrected chi connectivity index (χ0v) is 9.55. The van der Waals surface area contributed by atoms with Crippen LogP contribution in [-0.2, 0) is 0 Å². The van der Waals surface area contributed by atoms with E-state index in [1.807, 2.05) is 6.08 Å². The van der Waals surface area contributed by atoms with Gasteiger partial charge in [0.1, 0.15) is 5.84 Å². The summed E-state index contributed by atoms with van der Waals surface area (Å²) in [4.78, 5) is 3.90. The number of methoxy groups -OCH3 is 1. The molecule has 17 heavy (non-hydrogen) atoms. The molecule has 0 aliphatic heterocycles. The molecule has 5 nitrogen and oxygen atoms in total. The number of aromatic hydroxyl groups is 1. The van der Waals surface area contributed by atoms with Gasteiger partial charge in [-0.05, 0) is 23.8 Å². The van der Waals surface area contributed by atoms with Gasteiger partial charge in [0.25, 0.3) is 0 Å². The lowest BCUT2D eigenvalue weighted by molar-refractivity contribution is 0.373. The van der Waals surface area contributed by atoms with Crippen LogP contribution in [0.5, 0.6) is 11.5 Å². The lowest BCUT2D eigenvalue weighted by atomic mass is 10.2. The minimum absolute atomic E-state index is 0.0287. The fraction of sp³-hybridized carbons (Fsp3) is 0.167. The van der Waals surface area contributed by atoms with Gasteiger partial charge in [-0.1, -0.05) is 12.1 Å². The summed E-state index contributed by atoms with van der Waals surface area (Å²) in [5, 5.41) is 16.4. The highest BCUT2D eigenvalue weighted by Gasteiger charge is 1.99. The van der Waals surface area contributed by atoms with Crippen molar-refractivity contribution in [3.8, 4) is 11.5 Å². The van der Waals surface area contributed by atoms with E-state index >= 15 is 0 Å². The van der Waals surface area contributed by atoms with E-state index < -0.39 is 0 Å². The second-order valence-electron chi connectivity index (χ2n) is 3.31. The van der Waals surface area contributed by atoms with E-state index in [0.717, 1.165) is 5.56 Å². The van der Waals surface area contributed by atoms with Gasteiger partial charge in [0.05, 0.1) is 13.7 Å². The summed E-state index contributed by atoms with van der Waals surface area (Å²) in [7, 11) is 1.50. The first-order valence-corrected chi connectivity index (χ1v) is 5.00. The molecule has 1 aromatic rings. The number of amidine groups is 1. The second-order valence-corrected chi connectivity index (χ2v) is 3.31. The molecule has 0 amide bonds. The van der Waals surface area contributed by atoms with Crippen LogP contribution in [-0.4, -0.2) is 30.8 Å². The molecule has 0 aliphatic rings. The van der Waals surface area contributed by atoms with Crippen LogP contribution < -0.4 is 10.5 Å². The molecule has 0 fully saturated rings. The topological polar surface area (TPSA) is 91.7 Å². The molecule has 0 saturated heterocycles. The molecule has 1 aromatic carbocycles. The number of phenols is 1. The van der Waals surface area contributed by atoms with E-state index in [9.17, 15) is 5.11 Å². The van der Waals surface area contributed by atoms with Crippen molar-refractivity contribution in [1.29, 1.82) is 5.41 Å². The van der Waals surface area contributed by atoms with E-state index in [-0.39, 0.29) is 18.1 Å². The van der Waals surface area contributed by atoms with Gasteiger partial charge in [0, 0.05) is 6.21 Å². The van der Waals surface area contributed by atoms with Crippen molar-refractivity contribution in [2.45, 2.75) is 0 Å². The van der Waals surface area contributed by atoms with Gasteiger partial charge >= 0.3 is 0 Å². The van der Waals surface area contributed by atoms with E-state index in [1.165, 1.54) is 7.11 Å². The number of allylic oxidation sites excluding steroid dienone is 1. The molecule has 5 heteroatoms. The number of phenolic OH excluding ortho intramolecular Hbond substituents is 1. The number of benzene rings is 1. The predicted octanol–water partition coefficient (Wildman–Crippen LogP) is 1.42. The number of nitrogens with one attached hydrogen (secondary N) is 1. The minimum atomic E-state index is 0.0287. The summed E-state index contributed by atoms with van der Waals surface area (Å²) >= 11 is 0. The predicted molar refractivity (Wildman–Crippen MR) is 69.0 cm³/mol. The van der Waals surface area contributed by atoms with Crippen LogP contribution in [0.25, 0.3) is 6.08 Å². The zero-order valence-electron chi connectivity index (χ0n) is 9.55. The molecule has 0 spiro atoms. The van der Waals surface area contributed by atoms with Crippen LogP contribution in [0.1, 0.15) is 5.56 Å². The van der Waals surface area contributed by atoms with Crippen LogP contribution in [0.3, 0.4) is 0 Å². The molecular weight excluding hydrogens is 218 g/mol. The third kappa shape index (κ3) is 4.38. The monoisotopic (exact) mass is 233 g/mol. The maximum Gasteiger partial charge on any atom is 0.161 e. The molecule has 0 bridgehead atoms. The zero-order chi connectivity index (χ0) is 12.7. The van der Waals surface area contributed by atoms with E-state index in [0.29, 0.717) is 5.75 Å². The molecule has 0 unspecified atom stereocenters. The van der Waals surface area contributed by atoms with Crippen LogP contribution in [0.4, 0.5) is 0 Å². The summed E-state index contributed by atoms with van der Waals surface area (Å²) in [5.41, 5.74) is 6.02. The fourth-order valence-corrected chi connectivity index (χ4v) is 1.16. The highest BCUT2D eigenvalue weighted by atomic mass is 16.5. The van der Waals surface area contributed by atoms with Gasteiger partial charge in [-0.25, -0.2) is 0 Å². The first kappa shape index (κ1) is 12.8. The number of nitrogens with zero attached hydrogens (tertiary/aromatic N) is 1. The van der Waals surface area contributed by atoms with E-state index in [1.54, 1.807) is 30.5 Å².